The number of anilines is 2. The Bertz CT molecular complexity index is 1140. The summed E-state index contributed by atoms with van der Waals surface area (Å²) in [7, 11) is 0. The van der Waals surface area contributed by atoms with Crippen LogP contribution in [0.5, 0.6) is 0 Å². The average molecular weight is 408 g/mol. The van der Waals surface area contributed by atoms with Crippen LogP contribution in [0, 0.1) is 17.2 Å². The van der Waals surface area contributed by atoms with Crippen molar-refractivity contribution < 1.29 is 4.79 Å². The molecule has 4 rings (SSSR count). The smallest absolute Gasteiger partial charge is 0.253 e. The lowest BCUT2D eigenvalue weighted by molar-refractivity contribution is 0.0950. The topological polar surface area (TPSA) is 130 Å². The lowest BCUT2D eigenvalue weighted by atomic mass is 10.1. The zero-order chi connectivity index (χ0) is 20.4. The zero-order valence-electron chi connectivity index (χ0n) is 15.4. The molecule has 146 valence electrons. The fourth-order valence-electron chi connectivity index (χ4n) is 3.00. The van der Waals surface area contributed by atoms with E-state index in [0.717, 1.165) is 18.2 Å². The van der Waals surface area contributed by atoms with Gasteiger partial charge in [-0.1, -0.05) is 23.7 Å². The molecule has 1 aliphatic rings. The first-order valence-electron chi connectivity index (χ1n) is 9.17. The molecule has 9 heteroatoms. The number of rotatable bonds is 6. The van der Waals surface area contributed by atoms with Crippen LogP contribution >= 0.6 is 11.6 Å². The van der Waals surface area contributed by atoms with Gasteiger partial charge in [-0.05, 0) is 30.9 Å². The van der Waals surface area contributed by atoms with Gasteiger partial charge in [-0.2, -0.15) is 5.26 Å². The molecule has 8 nitrogen and oxygen atoms in total. The van der Waals surface area contributed by atoms with E-state index in [1.54, 1.807) is 12.1 Å². The highest BCUT2D eigenvalue weighted by Crippen LogP contribution is 2.28. The van der Waals surface area contributed by atoms with E-state index >= 15 is 0 Å². The van der Waals surface area contributed by atoms with Crippen molar-refractivity contribution in [1.29, 1.82) is 5.26 Å². The largest absolute Gasteiger partial charge is 0.382 e. The van der Waals surface area contributed by atoms with Gasteiger partial charge in [-0.25, -0.2) is 15.0 Å². The van der Waals surface area contributed by atoms with Crippen molar-refractivity contribution in [2.75, 3.05) is 17.6 Å². The summed E-state index contributed by atoms with van der Waals surface area (Å²) >= 11 is 6.29. The molecular weight excluding hydrogens is 390 g/mol. The van der Waals surface area contributed by atoms with E-state index in [1.807, 2.05) is 18.2 Å². The third-order valence-electron chi connectivity index (χ3n) is 4.78. The molecule has 4 N–H and O–H groups in total. The Labute approximate surface area is 172 Å². The van der Waals surface area contributed by atoms with Crippen LogP contribution in [0.3, 0.4) is 0 Å². The molecule has 0 atom stereocenters. The Morgan fingerprint density at radius 2 is 2.17 bits per heavy atom. The number of halogens is 1. The normalized spacial score (nSPS) is 13.1. The van der Waals surface area contributed by atoms with Gasteiger partial charge >= 0.3 is 0 Å². The van der Waals surface area contributed by atoms with Gasteiger partial charge in [0.15, 0.2) is 0 Å². The summed E-state index contributed by atoms with van der Waals surface area (Å²) in [5.74, 6) is 0.739. The van der Waals surface area contributed by atoms with Gasteiger partial charge in [0.05, 0.1) is 28.3 Å². The highest BCUT2D eigenvalue weighted by molar-refractivity contribution is 6.35. The van der Waals surface area contributed by atoms with E-state index in [1.165, 1.54) is 6.33 Å². The highest BCUT2D eigenvalue weighted by atomic mass is 35.5. The number of nitriles is 1. The number of nitrogen functional groups attached to an aromatic ring is 1. The maximum Gasteiger partial charge on any atom is 0.253 e. The molecule has 0 bridgehead atoms. The minimum absolute atomic E-state index is 0.0851. The number of para-hydroxylation sites is 1. The lowest BCUT2D eigenvalue weighted by Gasteiger charge is -2.13. The summed E-state index contributed by atoms with van der Waals surface area (Å²) in [6.45, 7) is 0.818. The Morgan fingerprint density at radius 3 is 2.93 bits per heavy atom. The van der Waals surface area contributed by atoms with E-state index in [9.17, 15) is 10.1 Å². The third-order valence-corrected chi connectivity index (χ3v) is 5.09. The number of benzene rings is 1. The Morgan fingerprint density at radius 1 is 1.34 bits per heavy atom. The summed E-state index contributed by atoms with van der Waals surface area (Å²) in [5, 5.41) is 16.6. The second kappa shape index (κ2) is 7.89. The average Bonchev–Trinajstić information content (AvgIpc) is 3.55. The molecule has 1 amide bonds. The molecule has 1 saturated carbocycles. The van der Waals surface area contributed by atoms with E-state index in [0.29, 0.717) is 34.3 Å². The van der Waals surface area contributed by atoms with Crippen molar-refractivity contribution in [2.24, 2.45) is 5.92 Å². The van der Waals surface area contributed by atoms with Gasteiger partial charge in [-0.3, -0.25) is 4.79 Å². The molecule has 2 aromatic heterocycles. The molecule has 1 fully saturated rings. The highest BCUT2D eigenvalue weighted by Gasteiger charge is 2.23. The summed E-state index contributed by atoms with van der Waals surface area (Å²) in [5.41, 5.74) is 7.44. The molecule has 0 saturated heterocycles. The van der Waals surface area contributed by atoms with Crippen molar-refractivity contribution >= 4 is 40.0 Å². The molecule has 1 aliphatic carbocycles. The maximum atomic E-state index is 12.8. The third kappa shape index (κ3) is 4.05. The van der Waals surface area contributed by atoms with Crippen molar-refractivity contribution in [1.82, 2.24) is 20.3 Å². The van der Waals surface area contributed by atoms with Gasteiger partial charge in [0, 0.05) is 11.9 Å². The lowest BCUT2D eigenvalue weighted by Crippen LogP contribution is -2.27. The van der Waals surface area contributed by atoms with E-state index < -0.39 is 0 Å². The van der Waals surface area contributed by atoms with Crippen molar-refractivity contribution in [3.8, 4) is 6.07 Å². The Hall–Kier alpha value is -3.44. The number of carbonyl (C=O) groups excluding carboxylic acids is 1. The van der Waals surface area contributed by atoms with Crippen molar-refractivity contribution in [3.63, 3.8) is 0 Å². The number of aromatic nitrogens is 3. The van der Waals surface area contributed by atoms with Crippen LogP contribution in [0.4, 0.5) is 11.6 Å². The number of hydrogen-bond acceptors (Lipinski definition) is 7. The zero-order valence-corrected chi connectivity index (χ0v) is 16.2. The number of fused-ring (bicyclic) bond motifs is 1. The standard InChI is InChI=1S/C20H18ClN7O/c21-15-3-1-2-12-6-13(20(29)25-8-11-4-5-11)16(28-17(12)15)9-24-19-14(7-22)18(23)26-10-27-19/h1-3,6,10-11H,4-5,8-9H2,(H,25,29)(H3,23,24,26,27). The molecule has 1 aromatic carbocycles. The minimum Gasteiger partial charge on any atom is -0.382 e. The van der Waals surface area contributed by atoms with Crippen LogP contribution in [0.2, 0.25) is 5.02 Å². The minimum atomic E-state index is -0.189. The summed E-state index contributed by atoms with van der Waals surface area (Å²) < 4.78 is 0. The number of pyridine rings is 1. The second-order valence-corrected chi connectivity index (χ2v) is 7.30. The fourth-order valence-corrected chi connectivity index (χ4v) is 3.22. The predicted molar refractivity (Wildman–Crippen MR) is 110 cm³/mol. The van der Waals surface area contributed by atoms with Gasteiger partial charge in [0.25, 0.3) is 5.91 Å². The molecule has 0 unspecified atom stereocenters. The van der Waals surface area contributed by atoms with Crippen LogP contribution in [0.15, 0.2) is 30.6 Å². The number of carbonyl (C=O) groups is 1. The van der Waals surface area contributed by atoms with Gasteiger partial charge < -0.3 is 16.4 Å². The van der Waals surface area contributed by atoms with Crippen LogP contribution in [-0.4, -0.2) is 27.4 Å². The van der Waals surface area contributed by atoms with Crippen molar-refractivity contribution in [3.05, 3.63) is 52.4 Å². The number of amides is 1. The molecule has 0 aliphatic heterocycles. The van der Waals surface area contributed by atoms with E-state index in [4.69, 9.17) is 17.3 Å². The SMILES string of the molecule is N#Cc1c(N)ncnc1NCc1nc2c(Cl)cccc2cc1C(=O)NCC1CC1. The molecule has 3 aromatic rings. The number of nitrogens with zero attached hydrogens (tertiary/aromatic N) is 4. The molecule has 0 radical (unpaired) electrons. The fraction of sp³-hybridized carbons (Fsp3) is 0.250. The first-order valence-corrected chi connectivity index (χ1v) is 9.55. The molecule has 29 heavy (non-hydrogen) atoms. The van der Waals surface area contributed by atoms with Crippen molar-refractivity contribution in [2.45, 2.75) is 19.4 Å². The summed E-state index contributed by atoms with van der Waals surface area (Å²) in [6, 6.07) is 9.20. The Kier molecular flexibility index (Phi) is 5.14. The second-order valence-electron chi connectivity index (χ2n) is 6.90. The van der Waals surface area contributed by atoms with Gasteiger partial charge in [0.1, 0.15) is 29.6 Å². The van der Waals surface area contributed by atoms with Gasteiger partial charge in [-0.15, -0.1) is 0 Å². The first kappa shape index (κ1) is 18.9. The number of nitrogens with one attached hydrogen (secondary N) is 2. The predicted octanol–water partition coefficient (Wildman–Crippen LogP) is 2.88. The summed E-state index contributed by atoms with van der Waals surface area (Å²) in [4.78, 5) is 25.3. The van der Waals surface area contributed by atoms with Crippen LogP contribution < -0.4 is 16.4 Å². The van der Waals surface area contributed by atoms with E-state index in [2.05, 4.69) is 25.6 Å². The summed E-state index contributed by atoms with van der Waals surface area (Å²) in [6.07, 6.45) is 3.56. The Balaban J connectivity index is 1.68. The maximum absolute atomic E-state index is 12.8. The molecular formula is C20H18ClN7O. The monoisotopic (exact) mass is 407 g/mol. The quantitative estimate of drug-likeness (QED) is 0.572. The first-order chi connectivity index (χ1) is 14.1. The van der Waals surface area contributed by atoms with Crippen LogP contribution in [-0.2, 0) is 6.54 Å². The van der Waals surface area contributed by atoms with E-state index in [-0.39, 0.29) is 29.7 Å². The van der Waals surface area contributed by atoms with Crippen LogP contribution in [0.1, 0.15) is 34.5 Å². The molecule has 2 heterocycles. The van der Waals surface area contributed by atoms with Gasteiger partial charge in [0.2, 0.25) is 0 Å². The number of hydrogen-bond donors (Lipinski definition) is 3. The molecule has 0 spiro atoms. The number of nitrogens with two attached hydrogens (primary N) is 1. The van der Waals surface area contributed by atoms with Crippen LogP contribution in [0.25, 0.3) is 10.9 Å².